The highest BCUT2D eigenvalue weighted by Crippen LogP contribution is 2.34. The average molecular weight is 288 g/mol. The van der Waals surface area contributed by atoms with Gasteiger partial charge in [0.15, 0.2) is 11.5 Å². The topological polar surface area (TPSA) is 90.6 Å². The van der Waals surface area contributed by atoms with Crippen LogP contribution in [0.4, 0.5) is 11.4 Å². The number of ether oxygens (including phenoxy) is 2. The van der Waals surface area contributed by atoms with Crippen molar-refractivity contribution in [3.05, 3.63) is 12.1 Å². The Balaban J connectivity index is 2.68. The maximum atomic E-state index is 11.0. The molecule has 0 aliphatic carbocycles. The van der Waals surface area contributed by atoms with Crippen molar-refractivity contribution in [2.24, 2.45) is 0 Å². The van der Waals surface area contributed by atoms with Gasteiger partial charge in [-0.25, -0.2) is 8.42 Å². The van der Waals surface area contributed by atoms with Crippen molar-refractivity contribution in [2.45, 2.75) is 6.42 Å². The van der Waals surface area contributed by atoms with Gasteiger partial charge in [-0.1, -0.05) is 0 Å². The fourth-order valence-electron chi connectivity index (χ4n) is 1.61. The number of rotatable bonds is 7. The summed E-state index contributed by atoms with van der Waals surface area (Å²) in [6, 6.07) is 3.40. The molecular formula is C12H20N2O4S. The Morgan fingerprint density at radius 1 is 1.21 bits per heavy atom. The molecule has 1 aromatic rings. The number of nitrogens with two attached hydrogens (primary N) is 1. The second kappa shape index (κ2) is 6.51. The first-order valence-corrected chi connectivity index (χ1v) is 7.86. The number of benzene rings is 1. The molecule has 0 aromatic heterocycles. The highest BCUT2D eigenvalue weighted by atomic mass is 32.2. The van der Waals surface area contributed by atoms with Crippen LogP contribution in [0.15, 0.2) is 12.1 Å². The third kappa shape index (κ3) is 4.86. The molecule has 0 atom stereocenters. The standard InChI is InChI=1S/C12H20N2O4S/c1-17-11-7-9(13)10(8-12(11)18-2)14-5-4-6-19(3,15)16/h7-8,14H,4-6,13H2,1-3H3. The highest BCUT2D eigenvalue weighted by molar-refractivity contribution is 7.90. The molecule has 0 saturated carbocycles. The molecule has 0 saturated heterocycles. The van der Waals surface area contributed by atoms with Gasteiger partial charge in [-0.15, -0.1) is 0 Å². The van der Waals surface area contributed by atoms with E-state index in [1.165, 1.54) is 13.4 Å². The monoisotopic (exact) mass is 288 g/mol. The van der Waals surface area contributed by atoms with Gasteiger partial charge < -0.3 is 20.5 Å². The van der Waals surface area contributed by atoms with Gasteiger partial charge in [0.1, 0.15) is 9.84 Å². The molecule has 0 aliphatic rings. The van der Waals surface area contributed by atoms with E-state index >= 15 is 0 Å². The maximum Gasteiger partial charge on any atom is 0.162 e. The van der Waals surface area contributed by atoms with E-state index in [4.69, 9.17) is 15.2 Å². The molecule has 0 fully saturated rings. The lowest BCUT2D eigenvalue weighted by molar-refractivity contribution is 0.355. The summed E-state index contributed by atoms with van der Waals surface area (Å²) in [6.45, 7) is 0.521. The van der Waals surface area contributed by atoms with Crippen molar-refractivity contribution < 1.29 is 17.9 Å². The maximum absolute atomic E-state index is 11.0. The quantitative estimate of drug-likeness (QED) is 0.577. The van der Waals surface area contributed by atoms with Crippen LogP contribution in [-0.4, -0.2) is 41.2 Å². The van der Waals surface area contributed by atoms with Crippen molar-refractivity contribution in [1.29, 1.82) is 0 Å². The molecule has 0 heterocycles. The van der Waals surface area contributed by atoms with E-state index in [0.29, 0.717) is 35.8 Å². The number of sulfone groups is 1. The zero-order chi connectivity index (χ0) is 14.5. The van der Waals surface area contributed by atoms with Crippen molar-refractivity contribution in [1.82, 2.24) is 0 Å². The van der Waals surface area contributed by atoms with Crippen LogP contribution in [0.25, 0.3) is 0 Å². The molecule has 6 nitrogen and oxygen atoms in total. The summed E-state index contributed by atoms with van der Waals surface area (Å²) in [6.07, 6.45) is 1.74. The Kier molecular flexibility index (Phi) is 5.29. The summed E-state index contributed by atoms with van der Waals surface area (Å²) in [5, 5.41) is 3.09. The van der Waals surface area contributed by atoms with Gasteiger partial charge in [0.25, 0.3) is 0 Å². The lowest BCUT2D eigenvalue weighted by Gasteiger charge is -2.13. The molecule has 0 aliphatic heterocycles. The summed E-state index contributed by atoms with van der Waals surface area (Å²) >= 11 is 0. The van der Waals surface area contributed by atoms with Crippen LogP contribution >= 0.6 is 0 Å². The lowest BCUT2D eigenvalue weighted by Crippen LogP contribution is -2.10. The average Bonchev–Trinajstić information content (AvgIpc) is 2.34. The van der Waals surface area contributed by atoms with E-state index in [2.05, 4.69) is 5.32 Å². The molecule has 19 heavy (non-hydrogen) atoms. The van der Waals surface area contributed by atoms with Crippen LogP contribution in [0, 0.1) is 0 Å². The molecule has 108 valence electrons. The minimum absolute atomic E-state index is 0.146. The molecule has 0 unspecified atom stereocenters. The lowest BCUT2D eigenvalue weighted by atomic mass is 10.2. The van der Waals surface area contributed by atoms with E-state index in [1.807, 2.05) is 0 Å². The van der Waals surface area contributed by atoms with E-state index in [0.717, 1.165) is 0 Å². The van der Waals surface area contributed by atoms with Gasteiger partial charge in [-0.2, -0.15) is 0 Å². The second-order valence-corrected chi connectivity index (χ2v) is 6.46. The van der Waals surface area contributed by atoms with Gasteiger partial charge in [0.2, 0.25) is 0 Å². The first-order valence-electron chi connectivity index (χ1n) is 5.80. The highest BCUT2D eigenvalue weighted by Gasteiger charge is 2.09. The molecule has 1 rings (SSSR count). The fraction of sp³-hybridized carbons (Fsp3) is 0.500. The van der Waals surface area contributed by atoms with Gasteiger partial charge >= 0.3 is 0 Å². The number of methoxy groups -OCH3 is 2. The first kappa shape index (κ1) is 15.4. The molecule has 7 heteroatoms. The minimum Gasteiger partial charge on any atom is -0.493 e. The number of nitrogen functional groups attached to an aromatic ring is 1. The zero-order valence-electron chi connectivity index (χ0n) is 11.4. The third-order valence-electron chi connectivity index (χ3n) is 2.56. The molecule has 0 radical (unpaired) electrons. The minimum atomic E-state index is -2.93. The van der Waals surface area contributed by atoms with Crippen LogP contribution in [0.3, 0.4) is 0 Å². The Hall–Kier alpha value is -1.63. The van der Waals surface area contributed by atoms with Crippen LogP contribution in [-0.2, 0) is 9.84 Å². The Morgan fingerprint density at radius 3 is 2.32 bits per heavy atom. The van der Waals surface area contributed by atoms with Crippen molar-refractivity contribution in [3.63, 3.8) is 0 Å². The van der Waals surface area contributed by atoms with Crippen LogP contribution in [0.2, 0.25) is 0 Å². The molecule has 0 spiro atoms. The van der Waals surface area contributed by atoms with Crippen LogP contribution < -0.4 is 20.5 Å². The molecule has 0 amide bonds. The Bertz CT molecular complexity index is 529. The fourth-order valence-corrected chi connectivity index (χ4v) is 2.27. The SMILES string of the molecule is COc1cc(N)c(NCCCS(C)(=O)=O)cc1OC. The van der Waals surface area contributed by atoms with Gasteiger partial charge in [-0.3, -0.25) is 0 Å². The van der Waals surface area contributed by atoms with E-state index in [-0.39, 0.29) is 5.75 Å². The van der Waals surface area contributed by atoms with E-state index in [9.17, 15) is 8.42 Å². The molecule has 1 aromatic carbocycles. The number of anilines is 2. The molecule has 0 bridgehead atoms. The summed E-state index contributed by atoms with van der Waals surface area (Å²) < 4.78 is 32.3. The van der Waals surface area contributed by atoms with Crippen molar-refractivity contribution in [2.75, 3.05) is 43.8 Å². The van der Waals surface area contributed by atoms with E-state index < -0.39 is 9.84 Å². The largest absolute Gasteiger partial charge is 0.493 e. The van der Waals surface area contributed by atoms with Crippen molar-refractivity contribution >= 4 is 21.2 Å². The Morgan fingerprint density at radius 2 is 1.79 bits per heavy atom. The van der Waals surface area contributed by atoms with Crippen LogP contribution in [0.1, 0.15) is 6.42 Å². The van der Waals surface area contributed by atoms with Crippen molar-refractivity contribution in [3.8, 4) is 11.5 Å². The van der Waals surface area contributed by atoms with Gasteiger partial charge in [-0.05, 0) is 6.42 Å². The first-order chi connectivity index (χ1) is 8.87. The predicted molar refractivity (Wildman–Crippen MR) is 76.8 cm³/mol. The number of hydrogen-bond acceptors (Lipinski definition) is 6. The zero-order valence-corrected chi connectivity index (χ0v) is 12.2. The normalized spacial score (nSPS) is 11.1. The van der Waals surface area contributed by atoms with Gasteiger partial charge in [0.05, 0.1) is 31.3 Å². The summed E-state index contributed by atoms with van der Waals surface area (Å²) in [4.78, 5) is 0. The second-order valence-electron chi connectivity index (χ2n) is 4.20. The number of nitrogens with one attached hydrogen (secondary N) is 1. The third-order valence-corrected chi connectivity index (χ3v) is 3.59. The predicted octanol–water partition coefficient (Wildman–Crippen LogP) is 1.13. The van der Waals surface area contributed by atoms with E-state index in [1.54, 1.807) is 19.2 Å². The summed E-state index contributed by atoms with van der Waals surface area (Å²) in [7, 11) is 0.153. The molecule has 3 N–H and O–H groups in total. The van der Waals surface area contributed by atoms with Crippen LogP contribution in [0.5, 0.6) is 11.5 Å². The molecular weight excluding hydrogens is 268 g/mol. The number of hydrogen-bond donors (Lipinski definition) is 2. The Labute approximate surface area is 113 Å². The summed E-state index contributed by atoms with van der Waals surface area (Å²) in [5.41, 5.74) is 7.10. The van der Waals surface area contributed by atoms with Gasteiger partial charge in [0, 0.05) is 24.9 Å². The summed E-state index contributed by atoms with van der Waals surface area (Å²) in [5.74, 6) is 1.27. The smallest absolute Gasteiger partial charge is 0.162 e.